The smallest absolute Gasteiger partial charge is 0.192 e. The van der Waals surface area contributed by atoms with Crippen LogP contribution in [0.15, 0.2) is 66.3 Å². The number of hydrogen-bond donors (Lipinski definition) is 0. The van der Waals surface area contributed by atoms with Crippen molar-refractivity contribution in [2.75, 3.05) is 7.11 Å². The Labute approximate surface area is 156 Å². The average Bonchev–Trinajstić information content (AvgIpc) is 3.04. The lowest BCUT2D eigenvalue weighted by Gasteiger charge is -2.13. The number of benzene rings is 2. The molecule has 134 valence electrons. The maximum absolute atomic E-state index is 13.1. The van der Waals surface area contributed by atoms with Crippen LogP contribution in [0.1, 0.15) is 17.7 Å². The Kier molecular flexibility index (Phi) is 5.73. The summed E-state index contributed by atoms with van der Waals surface area (Å²) >= 11 is 1.58. The summed E-state index contributed by atoms with van der Waals surface area (Å²) in [5.41, 5.74) is 1.91. The molecule has 1 unspecified atom stereocenters. The van der Waals surface area contributed by atoms with E-state index in [0.717, 1.165) is 27.9 Å². The van der Waals surface area contributed by atoms with Crippen molar-refractivity contribution < 1.29 is 9.13 Å². The second kappa shape index (κ2) is 8.19. The van der Waals surface area contributed by atoms with Gasteiger partial charge in [-0.3, -0.25) is 4.57 Å². The van der Waals surface area contributed by atoms with E-state index in [1.165, 1.54) is 12.1 Å². The first-order valence-electron chi connectivity index (χ1n) is 8.23. The third kappa shape index (κ3) is 3.80. The van der Waals surface area contributed by atoms with Crippen LogP contribution in [0.3, 0.4) is 0 Å². The van der Waals surface area contributed by atoms with Crippen LogP contribution in [0.4, 0.5) is 4.39 Å². The van der Waals surface area contributed by atoms with Gasteiger partial charge in [-0.25, -0.2) is 4.39 Å². The molecule has 2 aromatic carbocycles. The van der Waals surface area contributed by atoms with Gasteiger partial charge in [0.1, 0.15) is 11.6 Å². The van der Waals surface area contributed by atoms with E-state index in [9.17, 15) is 4.39 Å². The summed E-state index contributed by atoms with van der Waals surface area (Å²) in [6, 6.07) is 14.3. The minimum absolute atomic E-state index is 0.105. The van der Waals surface area contributed by atoms with Crippen LogP contribution in [0.2, 0.25) is 0 Å². The molecule has 1 heterocycles. The third-order valence-corrected chi connectivity index (χ3v) is 5.14. The molecule has 1 atom stereocenters. The fraction of sp³-hybridized carbons (Fsp3) is 0.200. The quantitative estimate of drug-likeness (QED) is 0.427. The van der Waals surface area contributed by atoms with Crippen molar-refractivity contribution >= 4 is 11.8 Å². The summed E-state index contributed by atoms with van der Waals surface area (Å²) in [5.74, 6) is 1.24. The van der Waals surface area contributed by atoms with Crippen molar-refractivity contribution in [2.45, 2.75) is 23.9 Å². The van der Waals surface area contributed by atoms with Crippen molar-refractivity contribution in [1.82, 2.24) is 14.8 Å². The molecule has 1 aromatic heterocycles. The standard InChI is InChI=1S/C20H20FN3OS/c1-4-13-24-19(17-7-5-6-8-18(17)25-3)22-23-20(24)26-14(2)15-9-11-16(21)12-10-15/h4-12,14H,1,13H2,2-3H3. The summed E-state index contributed by atoms with van der Waals surface area (Å²) < 4.78 is 20.6. The van der Waals surface area contributed by atoms with Gasteiger partial charge < -0.3 is 4.74 Å². The predicted molar refractivity (Wildman–Crippen MR) is 103 cm³/mol. The number of hydrogen-bond acceptors (Lipinski definition) is 4. The molecule has 0 aliphatic rings. The van der Waals surface area contributed by atoms with E-state index in [0.29, 0.717) is 6.54 Å². The number of allylic oxidation sites excluding steroid dienone is 1. The molecule has 0 bridgehead atoms. The van der Waals surface area contributed by atoms with Crippen LogP contribution in [-0.4, -0.2) is 21.9 Å². The SMILES string of the molecule is C=CCn1c(SC(C)c2ccc(F)cc2)nnc1-c1ccccc1OC. The number of para-hydroxylation sites is 1. The summed E-state index contributed by atoms with van der Waals surface area (Å²) in [7, 11) is 1.64. The number of nitrogens with zero attached hydrogens (tertiary/aromatic N) is 3. The van der Waals surface area contributed by atoms with Crippen LogP contribution in [0.5, 0.6) is 5.75 Å². The van der Waals surface area contributed by atoms with Gasteiger partial charge in [-0.1, -0.05) is 42.1 Å². The van der Waals surface area contributed by atoms with E-state index >= 15 is 0 Å². The van der Waals surface area contributed by atoms with E-state index in [4.69, 9.17) is 4.74 Å². The number of rotatable bonds is 7. The van der Waals surface area contributed by atoms with E-state index in [2.05, 4.69) is 23.7 Å². The van der Waals surface area contributed by atoms with E-state index in [1.807, 2.05) is 34.9 Å². The second-order valence-corrected chi connectivity index (χ2v) is 7.03. The Bertz CT molecular complexity index is 892. The number of methoxy groups -OCH3 is 1. The molecule has 26 heavy (non-hydrogen) atoms. The Morgan fingerprint density at radius 2 is 1.92 bits per heavy atom. The fourth-order valence-electron chi connectivity index (χ4n) is 2.66. The normalized spacial score (nSPS) is 12.0. The van der Waals surface area contributed by atoms with E-state index in [1.54, 1.807) is 31.0 Å². The first kappa shape index (κ1) is 18.2. The van der Waals surface area contributed by atoms with Crippen LogP contribution in [0, 0.1) is 5.82 Å². The van der Waals surface area contributed by atoms with Gasteiger partial charge in [0, 0.05) is 11.8 Å². The molecule has 3 rings (SSSR count). The van der Waals surface area contributed by atoms with E-state index < -0.39 is 0 Å². The Balaban J connectivity index is 1.94. The lowest BCUT2D eigenvalue weighted by atomic mass is 10.2. The van der Waals surface area contributed by atoms with E-state index in [-0.39, 0.29) is 11.1 Å². The maximum Gasteiger partial charge on any atom is 0.192 e. The van der Waals surface area contributed by atoms with Gasteiger partial charge >= 0.3 is 0 Å². The largest absolute Gasteiger partial charge is 0.496 e. The van der Waals surface area contributed by atoms with Gasteiger partial charge in [0.2, 0.25) is 0 Å². The molecule has 4 nitrogen and oxygen atoms in total. The van der Waals surface area contributed by atoms with Gasteiger partial charge in [0.25, 0.3) is 0 Å². The highest BCUT2D eigenvalue weighted by Gasteiger charge is 2.19. The summed E-state index contributed by atoms with van der Waals surface area (Å²) in [6.45, 7) is 6.49. The fourth-order valence-corrected chi connectivity index (χ4v) is 3.64. The molecule has 0 fully saturated rings. The Hall–Kier alpha value is -2.60. The van der Waals surface area contributed by atoms with Gasteiger partial charge in [-0.15, -0.1) is 16.8 Å². The Morgan fingerprint density at radius 3 is 2.62 bits per heavy atom. The van der Waals surface area contributed by atoms with Crippen molar-refractivity contribution in [3.63, 3.8) is 0 Å². The first-order valence-corrected chi connectivity index (χ1v) is 9.11. The first-order chi connectivity index (χ1) is 12.6. The molecule has 0 saturated carbocycles. The zero-order chi connectivity index (χ0) is 18.5. The van der Waals surface area contributed by atoms with Crippen molar-refractivity contribution in [1.29, 1.82) is 0 Å². The molecular formula is C20H20FN3OS. The van der Waals surface area contributed by atoms with Crippen molar-refractivity contribution in [3.05, 3.63) is 72.6 Å². The topological polar surface area (TPSA) is 39.9 Å². The lowest BCUT2D eigenvalue weighted by molar-refractivity contribution is 0.416. The molecule has 0 radical (unpaired) electrons. The predicted octanol–water partition coefficient (Wildman–Crippen LogP) is 5.13. The van der Waals surface area contributed by atoms with Crippen molar-refractivity contribution in [3.8, 4) is 17.1 Å². The molecular weight excluding hydrogens is 349 g/mol. The molecule has 0 saturated heterocycles. The van der Waals surface area contributed by atoms with Crippen LogP contribution >= 0.6 is 11.8 Å². The van der Waals surface area contributed by atoms with Crippen molar-refractivity contribution in [2.24, 2.45) is 0 Å². The zero-order valence-electron chi connectivity index (χ0n) is 14.7. The average molecular weight is 369 g/mol. The molecule has 0 aliphatic heterocycles. The number of ether oxygens (including phenoxy) is 1. The van der Waals surface area contributed by atoms with Gasteiger partial charge in [0.05, 0.1) is 12.7 Å². The molecule has 0 amide bonds. The van der Waals surface area contributed by atoms with Crippen LogP contribution in [-0.2, 0) is 6.54 Å². The minimum atomic E-state index is -0.237. The summed E-state index contributed by atoms with van der Waals surface area (Å²) in [5, 5.41) is 9.63. The van der Waals surface area contributed by atoms with Gasteiger partial charge in [-0.05, 0) is 36.8 Å². The molecule has 0 N–H and O–H groups in total. The van der Waals surface area contributed by atoms with Gasteiger partial charge in [0.15, 0.2) is 11.0 Å². The molecule has 0 spiro atoms. The Morgan fingerprint density at radius 1 is 1.19 bits per heavy atom. The second-order valence-electron chi connectivity index (χ2n) is 5.72. The zero-order valence-corrected chi connectivity index (χ0v) is 15.5. The number of halogens is 1. The molecule has 0 aliphatic carbocycles. The molecule has 3 aromatic rings. The van der Waals surface area contributed by atoms with Gasteiger partial charge in [-0.2, -0.15) is 0 Å². The third-order valence-electron chi connectivity index (χ3n) is 4.00. The number of thioether (sulfide) groups is 1. The highest BCUT2D eigenvalue weighted by molar-refractivity contribution is 7.99. The minimum Gasteiger partial charge on any atom is -0.496 e. The van der Waals surface area contributed by atoms with Crippen LogP contribution in [0.25, 0.3) is 11.4 Å². The number of aromatic nitrogens is 3. The lowest BCUT2D eigenvalue weighted by Crippen LogP contribution is -2.02. The highest BCUT2D eigenvalue weighted by Crippen LogP contribution is 2.37. The molecule has 6 heteroatoms. The monoisotopic (exact) mass is 369 g/mol. The maximum atomic E-state index is 13.1. The highest BCUT2D eigenvalue weighted by atomic mass is 32.2. The summed E-state index contributed by atoms with van der Waals surface area (Å²) in [6.07, 6.45) is 1.81. The summed E-state index contributed by atoms with van der Waals surface area (Å²) in [4.78, 5) is 0. The van der Waals surface area contributed by atoms with Crippen LogP contribution < -0.4 is 4.74 Å².